The number of rotatable bonds is 31. The van der Waals surface area contributed by atoms with Crippen molar-refractivity contribution in [1.29, 1.82) is 0 Å². The van der Waals surface area contributed by atoms with Crippen molar-refractivity contribution < 1.29 is 75.6 Å². The number of hydrogen-bond donors (Lipinski definition) is 9. The molecule has 1 aromatic carbocycles. The molecule has 1 aliphatic heterocycles. The molecule has 1 unspecified atom stereocenters. The van der Waals surface area contributed by atoms with Crippen LogP contribution < -0.4 is 20.7 Å². The van der Waals surface area contributed by atoms with Crippen LogP contribution >= 0.6 is 10.9 Å². The highest BCUT2D eigenvalue weighted by Gasteiger charge is 2.29. The van der Waals surface area contributed by atoms with Crippen molar-refractivity contribution in [2.24, 2.45) is 0 Å². The molecule has 25 heteroatoms. The molecule has 0 spiro atoms. The van der Waals surface area contributed by atoms with Gasteiger partial charge in [0.25, 0.3) is 0 Å². The number of likely N-dealkylation sites (N-methyl/N-ethyl adjacent to an activating group) is 1. The molecule has 0 aromatic heterocycles. The summed E-state index contributed by atoms with van der Waals surface area (Å²) < 4.78 is 72.4. The Balaban J connectivity index is 1.62. The lowest BCUT2D eigenvalue weighted by Gasteiger charge is -2.33. The number of hydrogen-bond acceptors (Lipinski definition) is 17. The van der Waals surface area contributed by atoms with Crippen LogP contribution in [0.25, 0.3) is 0 Å². The molecule has 23 nitrogen and oxygen atoms in total. The van der Waals surface area contributed by atoms with Gasteiger partial charge in [0.1, 0.15) is 11.8 Å². The highest BCUT2D eigenvalue weighted by molar-refractivity contribution is 8.19. The van der Waals surface area contributed by atoms with Crippen molar-refractivity contribution in [3.05, 3.63) is 23.3 Å². The van der Waals surface area contributed by atoms with E-state index in [0.29, 0.717) is 133 Å². The average molecular weight is 984 g/mol. The van der Waals surface area contributed by atoms with Gasteiger partial charge in [-0.3, -0.25) is 38.7 Å². The van der Waals surface area contributed by atoms with Crippen molar-refractivity contribution in [3.8, 4) is 5.75 Å². The van der Waals surface area contributed by atoms with Gasteiger partial charge in [0, 0.05) is 85.1 Å². The first kappa shape index (κ1) is 58.6. The van der Waals surface area contributed by atoms with Crippen LogP contribution in [-0.4, -0.2) is 232 Å². The molecular formula is C41H73N7O16S2. The van der Waals surface area contributed by atoms with Crippen molar-refractivity contribution in [1.82, 2.24) is 35.6 Å². The van der Waals surface area contributed by atoms with Gasteiger partial charge in [-0.05, 0) is 62.9 Å². The molecule has 380 valence electrons. The number of nitrogens with zero attached hydrogens (tertiary/aromatic N) is 4. The molecule has 2 atom stereocenters. The zero-order valence-corrected chi connectivity index (χ0v) is 40.1. The molecule has 0 radical (unpaired) electrons. The summed E-state index contributed by atoms with van der Waals surface area (Å²) in [7, 11) is -4.17. The second-order valence-electron chi connectivity index (χ2n) is 15.7. The van der Waals surface area contributed by atoms with Gasteiger partial charge in [0.05, 0.1) is 74.2 Å². The van der Waals surface area contributed by atoms with Crippen molar-refractivity contribution in [3.63, 3.8) is 0 Å². The molecule has 9 N–H and O–H groups in total. The lowest BCUT2D eigenvalue weighted by molar-refractivity contribution is -0.140. The number of aryl methyl sites for hydroxylation is 2. The molecule has 1 aromatic rings. The largest absolute Gasteiger partial charge is 0.494 e. The van der Waals surface area contributed by atoms with Gasteiger partial charge >= 0.3 is 11.9 Å². The number of carboxylic acids is 2. The van der Waals surface area contributed by atoms with Gasteiger partial charge < -0.3 is 68.2 Å². The van der Waals surface area contributed by atoms with Crippen molar-refractivity contribution in [2.45, 2.75) is 57.4 Å². The Morgan fingerprint density at radius 3 is 1.58 bits per heavy atom. The summed E-state index contributed by atoms with van der Waals surface area (Å²) >= 11 is -2.07. The van der Waals surface area contributed by atoms with Gasteiger partial charge in [0.2, 0.25) is 17.7 Å². The van der Waals surface area contributed by atoms with Gasteiger partial charge in [0.15, 0.2) is 11.1 Å². The number of carbonyl (C=O) groups excluding carboxylic acids is 3. The monoisotopic (exact) mass is 983 g/mol. The lowest BCUT2D eigenvalue weighted by Crippen LogP contribution is -2.53. The van der Waals surface area contributed by atoms with E-state index in [1.165, 1.54) is 0 Å². The van der Waals surface area contributed by atoms with Crippen molar-refractivity contribution >= 4 is 51.6 Å². The predicted molar refractivity (Wildman–Crippen MR) is 246 cm³/mol. The Hall–Kier alpha value is -3.57. The third kappa shape index (κ3) is 27.3. The number of ether oxygens (including phenoxy) is 4. The number of amides is 3. The summed E-state index contributed by atoms with van der Waals surface area (Å²) in [5.74, 6) is -3.71. The number of carboxylic acid groups (broad SMARTS) is 2. The second kappa shape index (κ2) is 33.0. The first-order valence-electron chi connectivity index (χ1n) is 22.1. The predicted octanol–water partition coefficient (Wildman–Crippen LogP) is 0.225. The molecule has 66 heavy (non-hydrogen) atoms. The van der Waals surface area contributed by atoms with E-state index in [1.807, 2.05) is 6.92 Å². The Morgan fingerprint density at radius 2 is 1.12 bits per heavy atom. The normalized spacial score (nSPS) is 16.3. The molecule has 0 saturated carbocycles. The molecule has 1 fully saturated rings. The van der Waals surface area contributed by atoms with E-state index >= 15 is 0 Å². The van der Waals surface area contributed by atoms with Crippen LogP contribution in [0, 0.1) is 13.8 Å². The zero-order chi connectivity index (χ0) is 48.9. The SMILES string of the molecule is CCN1CCN(CC(=O)O)CCN(CC(=O)O)CCN(CC(=O)N[C@H](CS(O)(O)O)C(=O)NCCCOCCOCCOCCCNC(=O)CCCOc2cc(C)c(S(=O)O)c(C)c2)CC1. The van der Waals surface area contributed by atoms with Crippen LogP contribution in [0.3, 0.4) is 0 Å². The van der Waals surface area contributed by atoms with Crippen LogP contribution in [-0.2, 0) is 49.3 Å². The molecular weight excluding hydrogens is 911 g/mol. The Labute approximate surface area is 391 Å². The highest BCUT2D eigenvalue weighted by atomic mass is 32.3. The van der Waals surface area contributed by atoms with E-state index in [1.54, 1.807) is 40.7 Å². The van der Waals surface area contributed by atoms with Crippen molar-refractivity contribution in [2.75, 3.05) is 144 Å². The average Bonchev–Trinajstić information content (AvgIpc) is 3.22. The summed E-state index contributed by atoms with van der Waals surface area (Å²) in [6.45, 7) is 11.5. The van der Waals surface area contributed by atoms with Crippen LogP contribution in [0.15, 0.2) is 17.0 Å². The summed E-state index contributed by atoms with van der Waals surface area (Å²) in [6, 6.07) is 1.94. The minimum absolute atomic E-state index is 0.0961. The molecule has 1 saturated heterocycles. The third-order valence-electron chi connectivity index (χ3n) is 10.2. The number of benzene rings is 1. The van der Waals surface area contributed by atoms with E-state index in [4.69, 9.17) is 18.9 Å². The summed E-state index contributed by atoms with van der Waals surface area (Å²) in [6.07, 6.45) is 1.83. The first-order valence-corrected chi connectivity index (χ1v) is 24.9. The zero-order valence-electron chi connectivity index (χ0n) is 38.5. The maximum atomic E-state index is 13.2. The fourth-order valence-corrected chi connectivity index (χ4v) is 8.19. The molecule has 0 bridgehead atoms. The molecule has 2 rings (SSSR count). The van der Waals surface area contributed by atoms with Gasteiger partial charge in [-0.1, -0.05) is 6.92 Å². The van der Waals surface area contributed by atoms with Crippen LogP contribution in [0.2, 0.25) is 0 Å². The highest BCUT2D eigenvalue weighted by Crippen LogP contribution is 2.33. The minimum atomic E-state index is -4.17. The summed E-state index contributed by atoms with van der Waals surface area (Å²) in [4.78, 5) is 69.1. The maximum absolute atomic E-state index is 13.2. The third-order valence-corrected chi connectivity index (χ3v) is 12.0. The van der Waals surface area contributed by atoms with Crippen LogP contribution in [0.5, 0.6) is 5.75 Å². The Bertz CT molecular complexity index is 1640. The Kier molecular flexibility index (Phi) is 29.3. The van der Waals surface area contributed by atoms with Crippen LogP contribution in [0.1, 0.15) is 43.7 Å². The van der Waals surface area contributed by atoms with E-state index in [2.05, 4.69) is 20.9 Å². The topological polar surface area (TPSA) is 310 Å². The van der Waals surface area contributed by atoms with Gasteiger partial charge in [-0.15, -0.1) is 0 Å². The summed E-state index contributed by atoms with van der Waals surface area (Å²) in [5.41, 5.74) is 1.33. The fourth-order valence-electron chi connectivity index (χ4n) is 6.83. The number of aliphatic carboxylic acids is 2. The van der Waals surface area contributed by atoms with E-state index in [9.17, 15) is 56.6 Å². The lowest BCUT2D eigenvalue weighted by atomic mass is 10.1. The van der Waals surface area contributed by atoms with Gasteiger partial charge in [-0.25, -0.2) is 4.21 Å². The molecule has 1 aliphatic rings. The second-order valence-corrected chi connectivity index (χ2v) is 18.2. The van der Waals surface area contributed by atoms with E-state index in [0.717, 1.165) is 0 Å². The Morgan fingerprint density at radius 1 is 0.667 bits per heavy atom. The maximum Gasteiger partial charge on any atom is 0.317 e. The van der Waals surface area contributed by atoms with Crippen LogP contribution in [0.4, 0.5) is 0 Å². The quantitative estimate of drug-likeness (QED) is 0.0355. The molecule has 1 heterocycles. The smallest absolute Gasteiger partial charge is 0.317 e. The standard InChI is InChI=1S/C41H73N7O16S2/c1-4-45-11-13-46(15-16-48(30-39(53)54)18-17-47(14-12-45)29-38(51)52)28-37(50)44-35(31-66(58,59)60)41(55)43-10-7-20-62-23-25-63-24-22-61-19-6-9-42-36(49)8-5-21-64-34-26-32(2)40(65(56)57)33(3)27-34/h26-27,35,58-60H,4-25,28-31H2,1-3H3,(H,42,49)(H,43,55)(H,44,50)(H,51,52)(H,53,54)(H,56,57)/t35-/m1/s1. The van der Waals surface area contributed by atoms with E-state index < -0.39 is 57.5 Å². The number of carbonyl (C=O) groups is 5. The minimum Gasteiger partial charge on any atom is -0.494 e. The van der Waals surface area contributed by atoms with Gasteiger partial charge in [-0.2, -0.15) is 0 Å². The number of nitrogens with one attached hydrogen (secondary N) is 3. The molecule has 0 aliphatic carbocycles. The van der Waals surface area contributed by atoms with E-state index in [-0.39, 0.29) is 58.4 Å². The first-order chi connectivity index (χ1) is 31.4. The fraction of sp³-hybridized carbons (Fsp3) is 0.732. The molecule has 3 amide bonds. The summed E-state index contributed by atoms with van der Waals surface area (Å²) in [5, 5.41) is 26.8.